The summed E-state index contributed by atoms with van der Waals surface area (Å²) in [7, 11) is -3.18. The van der Waals surface area contributed by atoms with E-state index in [-0.39, 0.29) is 0 Å². The summed E-state index contributed by atoms with van der Waals surface area (Å²) in [6, 6.07) is 3.60. The molecule has 16 heavy (non-hydrogen) atoms. The predicted octanol–water partition coefficient (Wildman–Crippen LogP) is 1.82. The first-order chi connectivity index (χ1) is 7.43. The van der Waals surface area contributed by atoms with E-state index in [9.17, 15) is 8.42 Å². The van der Waals surface area contributed by atoms with Gasteiger partial charge in [-0.1, -0.05) is 0 Å². The predicted molar refractivity (Wildman–Crippen MR) is 65.3 cm³/mol. The normalized spacial score (nSPS) is 18.4. The van der Waals surface area contributed by atoms with E-state index in [1.807, 2.05) is 0 Å². The third kappa shape index (κ3) is 2.44. The molecule has 1 aromatic heterocycles. The Bertz CT molecular complexity index is 497. The molecule has 0 spiro atoms. The lowest BCUT2D eigenvalue weighted by molar-refractivity contribution is 0.566. The van der Waals surface area contributed by atoms with Crippen LogP contribution < -0.4 is 4.72 Å². The summed E-state index contributed by atoms with van der Waals surface area (Å²) >= 11 is 3.25. The van der Waals surface area contributed by atoms with Gasteiger partial charge in [0.05, 0.1) is 4.75 Å². The van der Waals surface area contributed by atoms with Crippen molar-refractivity contribution >= 4 is 26.0 Å². The van der Waals surface area contributed by atoms with Crippen LogP contribution in [0.2, 0.25) is 0 Å². The molecule has 2 rings (SSSR count). The Balaban J connectivity index is 2.03. The van der Waals surface area contributed by atoms with Gasteiger partial charge in [-0.3, -0.25) is 0 Å². The first-order valence-corrected chi connectivity index (χ1v) is 7.30. The largest absolute Gasteiger partial charge is 0.249 e. The van der Waals surface area contributed by atoms with Crippen LogP contribution in [0, 0.1) is 0 Å². The highest BCUT2D eigenvalue weighted by atomic mass is 79.9. The Hall–Kier alpha value is -0.460. The van der Waals surface area contributed by atoms with E-state index < -0.39 is 14.8 Å². The number of aromatic nitrogens is 1. The Morgan fingerprint density at radius 3 is 2.81 bits per heavy atom. The van der Waals surface area contributed by atoms with E-state index in [1.165, 1.54) is 0 Å². The molecule has 1 N–H and O–H groups in total. The van der Waals surface area contributed by atoms with Crippen LogP contribution in [0.5, 0.6) is 0 Å². The Kier molecular flexibility index (Phi) is 3.07. The molecule has 88 valence electrons. The molecule has 0 radical (unpaired) electrons. The van der Waals surface area contributed by atoms with Crippen LogP contribution in [0.4, 0.5) is 0 Å². The van der Waals surface area contributed by atoms with Gasteiger partial charge in [0.25, 0.3) is 0 Å². The zero-order chi connectivity index (χ0) is 11.8. The quantitative estimate of drug-likeness (QED) is 0.863. The number of pyridine rings is 1. The number of nitrogens with one attached hydrogen (secondary N) is 1. The standard InChI is InChI=1S/C10H13BrN2O2S/c1-10(3-4-10)16(14,15)13-7-8-2-5-12-9(11)6-8/h2,5-6,13H,3-4,7H2,1H3. The van der Waals surface area contributed by atoms with E-state index in [1.54, 1.807) is 25.3 Å². The van der Waals surface area contributed by atoms with Gasteiger partial charge in [-0.15, -0.1) is 0 Å². The second-order valence-electron chi connectivity index (χ2n) is 4.26. The molecule has 0 aliphatic heterocycles. The SMILES string of the molecule is CC1(S(=O)(=O)NCc2ccnc(Br)c2)CC1. The van der Waals surface area contributed by atoms with Gasteiger partial charge in [0.1, 0.15) is 4.60 Å². The van der Waals surface area contributed by atoms with Gasteiger partial charge >= 0.3 is 0 Å². The van der Waals surface area contributed by atoms with Crippen LogP contribution in [0.15, 0.2) is 22.9 Å². The highest BCUT2D eigenvalue weighted by Gasteiger charge is 2.49. The molecular formula is C10H13BrN2O2S. The third-order valence-corrected chi connectivity index (χ3v) is 5.52. The lowest BCUT2D eigenvalue weighted by atomic mass is 10.3. The van der Waals surface area contributed by atoms with Crippen molar-refractivity contribution in [1.29, 1.82) is 0 Å². The van der Waals surface area contributed by atoms with Crippen molar-refractivity contribution in [3.05, 3.63) is 28.5 Å². The monoisotopic (exact) mass is 304 g/mol. The van der Waals surface area contributed by atoms with Gasteiger partial charge in [0, 0.05) is 12.7 Å². The van der Waals surface area contributed by atoms with Gasteiger partial charge in [-0.05, 0) is 53.4 Å². The molecule has 4 nitrogen and oxygen atoms in total. The Morgan fingerprint density at radius 2 is 2.25 bits per heavy atom. The molecule has 1 fully saturated rings. The van der Waals surface area contributed by atoms with Gasteiger partial charge in [-0.2, -0.15) is 0 Å². The number of hydrogen-bond acceptors (Lipinski definition) is 3. The third-order valence-electron chi connectivity index (χ3n) is 2.86. The Labute approximate surface area is 104 Å². The minimum absolute atomic E-state index is 0.318. The maximum atomic E-state index is 11.8. The summed E-state index contributed by atoms with van der Waals surface area (Å²) in [5.41, 5.74) is 0.898. The summed E-state index contributed by atoms with van der Waals surface area (Å²) in [4.78, 5) is 3.98. The topological polar surface area (TPSA) is 59.1 Å². The van der Waals surface area contributed by atoms with Crippen LogP contribution in [0.3, 0.4) is 0 Å². The summed E-state index contributed by atoms with van der Waals surface area (Å²) < 4.78 is 26.5. The molecule has 0 unspecified atom stereocenters. The maximum absolute atomic E-state index is 11.8. The highest BCUT2D eigenvalue weighted by Crippen LogP contribution is 2.42. The van der Waals surface area contributed by atoms with Crippen molar-refractivity contribution in [2.24, 2.45) is 0 Å². The number of rotatable bonds is 4. The van der Waals surface area contributed by atoms with Crippen molar-refractivity contribution in [3.63, 3.8) is 0 Å². The summed E-state index contributed by atoms with van der Waals surface area (Å²) in [5, 5.41) is 0. The molecule has 1 aliphatic rings. The van der Waals surface area contributed by atoms with Crippen LogP contribution in [0.25, 0.3) is 0 Å². The average Bonchev–Trinajstić information content (AvgIpc) is 2.96. The fourth-order valence-corrected chi connectivity index (χ4v) is 3.11. The zero-order valence-corrected chi connectivity index (χ0v) is 11.3. The average molecular weight is 305 g/mol. The highest BCUT2D eigenvalue weighted by molar-refractivity contribution is 9.10. The molecule has 1 aliphatic carbocycles. The van der Waals surface area contributed by atoms with Gasteiger partial charge in [0.2, 0.25) is 10.0 Å². The lowest BCUT2D eigenvalue weighted by Gasteiger charge is -2.11. The lowest BCUT2D eigenvalue weighted by Crippen LogP contribution is -2.33. The van der Waals surface area contributed by atoms with Gasteiger partial charge < -0.3 is 0 Å². The van der Waals surface area contributed by atoms with Crippen molar-refractivity contribution < 1.29 is 8.42 Å². The molecule has 6 heteroatoms. The first kappa shape index (κ1) is 12.0. The minimum atomic E-state index is -3.18. The molecule has 0 saturated heterocycles. The van der Waals surface area contributed by atoms with Crippen molar-refractivity contribution in [1.82, 2.24) is 9.71 Å². The van der Waals surface area contributed by atoms with Crippen LogP contribution in [0.1, 0.15) is 25.3 Å². The second-order valence-corrected chi connectivity index (χ2v) is 7.35. The summed E-state index contributed by atoms with van der Waals surface area (Å²) in [6.45, 7) is 2.09. The molecule has 0 atom stereocenters. The van der Waals surface area contributed by atoms with E-state index in [4.69, 9.17) is 0 Å². The number of sulfonamides is 1. The minimum Gasteiger partial charge on any atom is -0.249 e. The van der Waals surface area contributed by atoms with E-state index >= 15 is 0 Å². The van der Waals surface area contributed by atoms with Crippen molar-refractivity contribution in [3.8, 4) is 0 Å². The van der Waals surface area contributed by atoms with E-state index in [2.05, 4.69) is 25.6 Å². The number of halogens is 1. The van der Waals surface area contributed by atoms with Crippen molar-refractivity contribution in [2.45, 2.75) is 31.1 Å². The molecule has 0 bridgehead atoms. The van der Waals surface area contributed by atoms with Gasteiger partial charge in [-0.25, -0.2) is 18.1 Å². The molecule has 0 amide bonds. The molecule has 1 saturated carbocycles. The fraction of sp³-hybridized carbons (Fsp3) is 0.500. The first-order valence-electron chi connectivity index (χ1n) is 5.03. The maximum Gasteiger partial charge on any atom is 0.217 e. The van der Waals surface area contributed by atoms with Crippen LogP contribution in [-0.4, -0.2) is 18.1 Å². The molecule has 0 aromatic carbocycles. The van der Waals surface area contributed by atoms with Crippen molar-refractivity contribution in [2.75, 3.05) is 0 Å². The summed E-state index contributed by atoms with van der Waals surface area (Å²) in [5.74, 6) is 0. The Morgan fingerprint density at radius 1 is 1.56 bits per heavy atom. The van der Waals surface area contributed by atoms with E-state index in [0.29, 0.717) is 11.1 Å². The summed E-state index contributed by atoms with van der Waals surface area (Å²) in [6.07, 6.45) is 3.15. The van der Waals surface area contributed by atoms with Crippen LogP contribution >= 0.6 is 15.9 Å². The second kappa shape index (κ2) is 4.09. The zero-order valence-electron chi connectivity index (χ0n) is 8.90. The van der Waals surface area contributed by atoms with E-state index in [0.717, 1.165) is 18.4 Å². The fourth-order valence-electron chi connectivity index (χ4n) is 1.35. The molecular weight excluding hydrogens is 292 g/mol. The molecule has 1 heterocycles. The smallest absolute Gasteiger partial charge is 0.217 e. The van der Waals surface area contributed by atoms with Gasteiger partial charge in [0.15, 0.2) is 0 Å². The number of nitrogens with zero attached hydrogens (tertiary/aromatic N) is 1. The number of hydrogen-bond donors (Lipinski definition) is 1. The van der Waals surface area contributed by atoms with Crippen LogP contribution in [-0.2, 0) is 16.6 Å². The molecule has 1 aromatic rings.